The van der Waals surface area contributed by atoms with Crippen LogP contribution >= 0.6 is 12.4 Å². The van der Waals surface area contributed by atoms with Crippen molar-refractivity contribution in [1.29, 1.82) is 0 Å². The maximum absolute atomic E-state index is 12.5. The second-order valence-corrected chi connectivity index (χ2v) is 5.73. The van der Waals surface area contributed by atoms with E-state index in [1.54, 1.807) is 24.1 Å². The number of hydrogen-bond acceptors (Lipinski definition) is 3. The lowest BCUT2D eigenvalue weighted by Crippen LogP contribution is -2.26. The third-order valence-electron chi connectivity index (χ3n) is 3.98. The second-order valence-electron chi connectivity index (χ2n) is 5.73. The van der Waals surface area contributed by atoms with Crippen LogP contribution in [0, 0.1) is 0 Å². The molecule has 0 atom stereocenters. The van der Waals surface area contributed by atoms with Gasteiger partial charge in [0.05, 0.1) is 0 Å². The molecular formula is C18H19ClF2N2O2. The molecule has 0 saturated carbocycles. The van der Waals surface area contributed by atoms with E-state index in [1.807, 2.05) is 18.2 Å². The first kappa shape index (κ1) is 19.0. The molecule has 4 nitrogen and oxygen atoms in total. The van der Waals surface area contributed by atoms with Crippen LogP contribution in [-0.4, -0.2) is 31.0 Å². The van der Waals surface area contributed by atoms with Gasteiger partial charge in [0.2, 0.25) is 0 Å². The molecule has 134 valence electrons. The molecule has 7 heteroatoms. The number of benzene rings is 2. The van der Waals surface area contributed by atoms with Crippen molar-refractivity contribution in [1.82, 2.24) is 4.90 Å². The molecule has 25 heavy (non-hydrogen) atoms. The highest BCUT2D eigenvalue weighted by molar-refractivity contribution is 5.94. The summed E-state index contributed by atoms with van der Waals surface area (Å²) in [6, 6.07) is 12.0. The number of nitrogens with zero attached hydrogens (tertiary/aromatic N) is 1. The molecule has 0 saturated heterocycles. The third-order valence-corrected chi connectivity index (χ3v) is 3.98. The Morgan fingerprint density at radius 3 is 2.64 bits per heavy atom. The van der Waals surface area contributed by atoms with Gasteiger partial charge in [0.15, 0.2) is 0 Å². The van der Waals surface area contributed by atoms with Crippen molar-refractivity contribution >= 4 is 24.0 Å². The highest BCUT2D eigenvalue weighted by atomic mass is 35.5. The van der Waals surface area contributed by atoms with Gasteiger partial charge >= 0.3 is 6.61 Å². The van der Waals surface area contributed by atoms with Crippen molar-refractivity contribution in [2.45, 2.75) is 19.6 Å². The fraction of sp³-hybridized carbons (Fsp3) is 0.278. The molecule has 1 aliphatic heterocycles. The van der Waals surface area contributed by atoms with Gasteiger partial charge in [0.25, 0.3) is 5.91 Å². The van der Waals surface area contributed by atoms with Gasteiger partial charge < -0.3 is 15.0 Å². The van der Waals surface area contributed by atoms with Crippen LogP contribution in [0.25, 0.3) is 0 Å². The summed E-state index contributed by atoms with van der Waals surface area (Å²) in [5.41, 5.74) is 3.74. The Labute approximate surface area is 151 Å². The van der Waals surface area contributed by atoms with E-state index < -0.39 is 6.61 Å². The molecule has 1 heterocycles. The number of fused-ring (bicyclic) bond motifs is 1. The highest BCUT2D eigenvalue weighted by Crippen LogP contribution is 2.24. The fourth-order valence-corrected chi connectivity index (χ4v) is 2.78. The van der Waals surface area contributed by atoms with Gasteiger partial charge in [-0.25, -0.2) is 0 Å². The lowest BCUT2D eigenvalue weighted by atomic mass is 10.1. The molecule has 0 aliphatic carbocycles. The lowest BCUT2D eigenvalue weighted by molar-refractivity contribution is -0.0498. The van der Waals surface area contributed by atoms with E-state index in [4.69, 9.17) is 0 Å². The summed E-state index contributed by atoms with van der Waals surface area (Å²) >= 11 is 0. The van der Waals surface area contributed by atoms with Crippen molar-refractivity contribution in [3.8, 4) is 5.75 Å². The lowest BCUT2D eigenvalue weighted by Gasteiger charge is -2.18. The molecular weight excluding hydrogens is 350 g/mol. The minimum atomic E-state index is -2.84. The number of nitrogens with one attached hydrogen (secondary N) is 1. The first-order valence-electron chi connectivity index (χ1n) is 7.69. The van der Waals surface area contributed by atoms with Crippen LogP contribution < -0.4 is 10.1 Å². The molecule has 1 N–H and O–H groups in total. The molecule has 2 aromatic rings. The average molecular weight is 369 g/mol. The summed E-state index contributed by atoms with van der Waals surface area (Å²) < 4.78 is 28.6. The Balaban J connectivity index is 0.00000225. The minimum absolute atomic E-state index is 0. The Morgan fingerprint density at radius 2 is 1.96 bits per heavy atom. The van der Waals surface area contributed by atoms with E-state index in [-0.39, 0.29) is 24.1 Å². The summed E-state index contributed by atoms with van der Waals surface area (Å²) in [5.74, 6) is 0.0338. The SMILES string of the molecule is CN(Cc1ccc(OC(F)F)cc1)C(=O)c1ccc2c(c1)CCN2.Cl. The van der Waals surface area contributed by atoms with E-state index in [1.165, 1.54) is 12.1 Å². The number of ether oxygens (including phenoxy) is 1. The topological polar surface area (TPSA) is 41.6 Å². The normalized spacial score (nSPS) is 12.2. The molecule has 0 spiro atoms. The number of hydrogen-bond donors (Lipinski definition) is 1. The van der Waals surface area contributed by atoms with Gasteiger partial charge in [-0.05, 0) is 47.9 Å². The largest absolute Gasteiger partial charge is 0.435 e. The molecule has 1 amide bonds. The number of halogens is 3. The van der Waals surface area contributed by atoms with E-state index in [0.717, 1.165) is 29.8 Å². The maximum Gasteiger partial charge on any atom is 0.387 e. The quantitative estimate of drug-likeness (QED) is 0.868. The standard InChI is InChI=1S/C18H18F2N2O2.ClH/c1-22(11-12-2-5-15(6-3-12)24-18(19)20)17(23)14-4-7-16-13(10-14)8-9-21-16;/h2-7,10,18,21H,8-9,11H2,1H3;1H. The summed E-state index contributed by atoms with van der Waals surface area (Å²) in [4.78, 5) is 14.1. The molecule has 0 unspecified atom stereocenters. The monoisotopic (exact) mass is 368 g/mol. The van der Waals surface area contributed by atoms with Crippen LogP contribution in [0.2, 0.25) is 0 Å². The third kappa shape index (κ3) is 4.60. The zero-order valence-electron chi connectivity index (χ0n) is 13.7. The van der Waals surface area contributed by atoms with E-state index >= 15 is 0 Å². The van der Waals surface area contributed by atoms with Crippen molar-refractivity contribution in [3.05, 3.63) is 59.2 Å². The van der Waals surface area contributed by atoms with Crippen LogP contribution in [0.4, 0.5) is 14.5 Å². The number of anilines is 1. The molecule has 3 rings (SSSR count). The van der Waals surface area contributed by atoms with Gasteiger partial charge in [-0.15, -0.1) is 12.4 Å². The molecule has 1 aliphatic rings. The molecule has 0 radical (unpaired) electrons. The van der Waals surface area contributed by atoms with Crippen LogP contribution in [0.5, 0.6) is 5.75 Å². The summed E-state index contributed by atoms with van der Waals surface area (Å²) in [6.45, 7) is -1.55. The van der Waals surface area contributed by atoms with Crippen molar-refractivity contribution in [3.63, 3.8) is 0 Å². The van der Waals surface area contributed by atoms with Crippen LogP contribution in [0.1, 0.15) is 21.5 Å². The number of amides is 1. The van der Waals surface area contributed by atoms with Gasteiger partial charge in [0.1, 0.15) is 5.75 Å². The van der Waals surface area contributed by atoms with Gasteiger partial charge in [-0.3, -0.25) is 4.79 Å². The van der Waals surface area contributed by atoms with Gasteiger partial charge in [0, 0.05) is 31.4 Å². The molecule has 2 aromatic carbocycles. The Bertz CT molecular complexity index is 738. The molecule has 0 fully saturated rings. The average Bonchev–Trinajstić information content (AvgIpc) is 3.03. The predicted molar refractivity (Wildman–Crippen MR) is 94.8 cm³/mol. The number of rotatable bonds is 5. The Morgan fingerprint density at radius 1 is 1.24 bits per heavy atom. The predicted octanol–water partition coefficient (Wildman–Crippen LogP) is 3.95. The van der Waals surface area contributed by atoms with Crippen LogP contribution in [0.15, 0.2) is 42.5 Å². The maximum atomic E-state index is 12.5. The zero-order chi connectivity index (χ0) is 17.1. The smallest absolute Gasteiger partial charge is 0.387 e. The van der Waals surface area contributed by atoms with Crippen LogP contribution in [-0.2, 0) is 13.0 Å². The Hall–Kier alpha value is -2.34. The first-order valence-corrected chi connectivity index (χ1v) is 7.69. The van der Waals surface area contributed by atoms with Gasteiger partial charge in [-0.1, -0.05) is 12.1 Å². The summed E-state index contributed by atoms with van der Waals surface area (Å²) in [7, 11) is 1.72. The highest BCUT2D eigenvalue weighted by Gasteiger charge is 2.16. The zero-order valence-corrected chi connectivity index (χ0v) is 14.5. The number of carbonyl (C=O) groups is 1. The van der Waals surface area contributed by atoms with E-state index in [9.17, 15) is 13.6 Å². The second kappa shape index (κ2) is 8.16. The van der Waals surface area contributed by atoms with Crippen molar-refractivity contribution < 1.29 is 18.3 Å². The fourth-order valence-electron chi connectivity index (χ4n) is 2.78. The van der Waals surface area contributed by atoms with Crippen LogP contribution in [0.3, 0.4) is 0 Å². The van der Waals surface area contributed by atoms with Gasteiger partial charge in [-0.2, -0.15) is 8.78 Å². The van der Waals surface area contributed by atoms with E-state index in [2.05, 4.69) is 10.1 Å². The number of alkyl halides is 2. The summed E-state index contributed by atoms with van der Waals surface area (Å²) in [5, 5.41) is 3.26. The number of carbonyl (C=O) groups excluding carboxylic acids is 1. The summed E-state index contributed by atoms with van der Waals surface area (Å²) in [6.07, 6.45) is 0.922. The van der Waals surface area contributed by atoms with E-state index in [0.29, 0.717) is 12.1 Å². The Kier molecular flexibility index (Phi) is 6.20. The molecule has 0 aromatic heterocycles. The van der Waals surface area contributed by atoms with Crippen molar-refractivity contribution in [2.24, 2.45) is 0 Å². The minimum Gasteiger partial charge on any atom is -0.435 e. The molecule has 0 bridgehead atoms. The first-order chi connectivity index (χ1) is 11.5. The van der Waals surface area contributed by atoms with Crippen molar-refractivity contribution in [2.75, 3.05) is 18.9 Å².